The Balaban J connectivity index is 3.51. The minimum Gasteiger partial charge on any atom is -0.481 e. The van der Waals surface area contributed by atoms with E-state index in [2.05, 4.69) is 0 Å². The summed E-state index contributed by atoms with van der Waals surface area (Å²) in [5.41, 5.74) is 0. The van der Waals surface area contributed by atoms with Crippen molar-refractivity contribution in [3.63, 3.8) is 0 Å². The highest BCUT2D eigenvalue weighted by Crippen LogP contribution is 1.93. The molecule has 0 aromatic rings. The van der Waals surface area contributed by atoms with Crippen molar-refractivity contribution in [2.45, 2.75) is 19.4 Å². The van der Waals surface area contributed by atoms with Crippen LogP contribution in [0.1, 0.15) is 13.3 Å². The lowest BCUT2D eigenvalue weighted by Crippen LogP contribution is -2.30. The predicted molar refractivity (Wildman–Crippen MR) is 41.4 cm³/mol. The van der Waals surface area contributed by atoms with Gasteiger partial charge in [-0.3, -0.25) is 4.79 Å². The van der Waals surface area contributed by atoms with Gasteiger partial charge in [-0.2, -0.15) is 0 Å². The fourth-order valence-electron chi connectivity index (χ4n) is 0.755. The van der Waals surface area contributed by atoms with Gasteiger partial charge in [-0.25, -0.2) is 0 Å². The molecule has 0 aliphatic heterocycles. The van der Waals surface area contributed by atoms with Gasteiger partial charge < -0.3 is 15.1 Å². The second-order valence-electron chi connectivity index (χ2n) is 2.61. The number of rotatable bonds is 5. The molecule has 0 aliphatic carbocycles. The van der Waals surface area contributed by atoms with Crippen molar-refractivity contribution < 1.29 is 15.0 Å². The third-order valence-electron chi connectivity index (χ3n) is 1.47. The molecular weight excluding hydrogens is 146 g/mol. The smallest absolute Gasteiger partial charge is 0.306 e. The Bertz CT molecular complexity index is 127. The first-order chi connectivity index (χ1) is 5.06. The van der Waals surface area contributed by atoms with Crippen LogP contribution in [0.3, 0.4) is 0 Å². The van der Waals surface area contributed by atoms with Crippen LogP contribution in [0.5, 0.6) is 0 Å². The number of nitrogens with zero attached hydrogens (tertiary/aromatic N) is 1. The van der Waals surface area contributed by atoms with E-state index in [9.17, 15) is 4.79 Å². The van der Waals surface area contributed by atoms with E-state index in [1.165, 1.54) is 0 Å². The van der Waals surface area contributed by atoms with Crippen molar-refractivity contribution >= 4 is 5.97 Å². The molecule has 0 heterocycles. The molecule has 0 fully saturated rings. The summed E-state index contributed by atoms with van der Waals surface area (Å²) in [6, 6.07) is 0. The first kappa shape index (κ1) is 10.4. The molecule has 66 valence electrons. The van der Waals surface area contributed by atoms with Crippen LogP contribution in [0, 0.1) is 0 Å². The highest BCUT2D eigenvalue weighted by molar-refractivity contribution is 5.67. The van der Waals surface area contributed by atoms with Crippen LogP contribution in [0.25, 0.3) is 0 Å². The van der Waals surface area contributed by atoms with E-state index >= 15 is 0 Å². The summed E-state index contributed by atoms with van der Waals surface area (Å²) < 4.78 is 0. The van der Waals surface area contributed by atoms with Crippen LogP contribution in [0.15, 0.2) is 0 Å². The molecule has 0 saturated heterocycles. The average molecular weight is 161 g/mol. The topological polar surface area (TPSA) is 60.8 Å². The van der Waals surface area contributed by atoms with Crippen molar-refractivity contribution in [3.8, 4) is 0 Å². The molecule has 0 radical (unpaired) electrons. The van der Waals surface area contributed by atoms with Crippen molar-refractivity contribution in [2.75, 3.05) is 20.1 Å². The number of aliphatic hydroxyl groups is 1. The Morgan fingerprint density at radius 1 is 1.64 bits per heavy atom. The Kier molecular flexibility index (Phi) is 4.81. The van der Waals surface area contributed by atoms with Gasteiger partial charge in [-0.1, -0.05) is 6.92 Å². The van der Waals surface area contributed by atoms with Gasteiger partial charge in [0.15, 0.2) is 0 Å². The van der Waals surface area contributed by atoms with E-state index in [-0.39, 0.29) is 6.42 Å². The van der Waals surface area contributed by atoms with E-state index in [0.29, 0.717) is 6.54 Å². The van der Waals surface area contributed by atoms with Gasteiger partial charge in [0.2, 0.25) is 0 Å². The molecule has 0 aliphatic rings. The first-order valence-electron chi connectivity index (χ1n) is 3.64. The van der Waals surface area contributed by atoms with Gasteiger partial charge in [0.25, 0.3) is 0 Å². The van der Waals surface area contributed by atoms with Gasteiger partial charge in [-0.15, -0.1) is 0 Å². The number of aliphatic hydroxyl groups excluding tert-OH is 1. The normalized spacial score (nSPS) is 13.5. The van der Waals surface area contributed by atoms with E-state index < -0.39 is 12.1 Å². The summed E-state index contributed by atoms with van der Waals surface area (Å²) in [6.07, 6.45) is -0.929. The average Bonchev–Trinajstić information content (AvgIpc) is 1.85. The maximum Gasteiger partial charge on any atom is 0.306 e. The van der Waals surface area contributed by atoms with Gasteiger partial charge in [0.05, 0.1) is 12.5 Å². The van der Waals surface area contributed by atoms with Crippen molar-refractivity contribution in [3.05, 3.63) is 0 Å². The van der Waals surface area contributed by atoms with Crippen LogP contribution in [0.4, 0.5) is 0 Å². The lowest BCUT2D eigenvalue weighted by Gasteiger charge is -2.16. The molecule has 11 heavy (non-hydrogen) atoms. The molecule has 0 aromatic heterocycles. The van der Waals surface area contributed by atoms with Crippen LogP contribution >= 0.6 is 0 Å². The summed E-state index contributed by atoms with van der Waals surface area (Å²) >= 11 is 0. The third-order valence-corrected chi connectivity index (χ3v) is 1.47. The van der Waals surface area contributed by atoms with Gasteiger partial charge in [0, 0.05) is 6.54 Å². The molecule has 0 amide bonds. The summed E-state index contributed by atoms with van der Waals surface area (Å²) in [6.45, 7) is 3.19. The lowest BCUT2D eigenvalue weighted by atomic mass is 10.2. The summed E-state index contributed by atoms with van der Waals surface area (Å²) in [4.78, 5) is 12.0. The third kappa shape index (κ3) is 5.82. The monoisotopic (exact) mass is 161 g/mol. The van der Waals surface area contributed by atoms with E-state index in [1.54, 1.807) is 0 Å². The number of carbonyl (C=O) groups is 1. The van der Waals surface area contributed by atoms with Crippen molar-refractivity contribution in [1.29, 1.82) is 0 Å². The standard InChI is InChI=1S/C7H15NO3/c1-3-8(2)5-6(9)4-7(10)11/h6,9H,3-5H2,1-2H3,(H,10,11)/t6-/m1/s1. The Morgan fingerprint density at radius 3 is 2.55 bits per heavy atom. The van der Waals surface area contributed by atoms with Crippen molar-refractivity contribution in [2.24, 2.45) is 0 Å². The SMILES string of the molecule is CCN(C)C[C@H](O)CC(=O)O. The summed E-state index contributed by atoms with van der Waals surface area (Å²) in [5.74, 6) is -0.956. The van der Waals surface area contributed by atoms with Crippen LogP contribution in [-0.4, -0.2) is 47.3 Å². The highest BCUT2D eigenvalue weighted by atomic mass is 16.4. The highest BCUT2D eigenvalue weighted by Gasteiger charge is 2.10. The zero-order valence-corrected chi connectivity index (χ0v) is 6.95. The van der Waals surface area contributed by atoms with E-state index in [0.717, 1.165) is 6.54 Å². The molecule has 0 bridgehead atoms. The number of carboxylic acid groups (broad SMARTS) is 1. The van der Waals surface area contributed by atoms with E-state index in [4.69, 9.17) is 10.2 Å². The zero-order chi connectivity index (χ0) is 8.85. The molecule has 0 saturated carbocycles. The fraction of sp³-hybridized carbons (Fsp3) is 0.857. The Hall–Kier alpha value is -0.610. The minimum atomic E-state index is -0.956. The van der Waals surface area contributed by atoms with Gasteiger partial charge in [-0.05, 0) is 13.6 Å². The fourth-order valence-corrected chi connectivity index (χ4v) is 0.755. The maximum absolute atomic E-state index is 10.1. The second-order valence-corrected chi connectivity index (χ2v) is 2.61. The van der Waals surface area contributed by atoms with Crippen molar-refractivity contribution in [1.82, 2.24) is 4.90 Å². The van der Waals surface area contributed by atoms with E-state index in [1.807, 2.05) is 18.9 Å². The molecule has 2 N–H and O–H groups in total. The largest absolute Gasteiger partial charge is 0.481 e. The quantitative estimate of drug-likeness (QED) is 0.585. The molecular formula is C7H15NO3. The van der Waals surface area contributed by atoms with Crippen LogP contribution in [0.2, 0.25) is 0 Å². The molecule has 4 nitrogen and oxygen atoms in total. The van der Waals surface area contributed by atoms with Gasteiger partial charge >= 0.3 is 5.97 Å². The summed E-state index contributed by atoms with van der Waals surface area (Å²) in [7, 11) is 1.84. The molecule has 0 unspecified atom stereocenters. The number of hydrogen-bond acceptors (Lipinski definition) is 3. The lowest BCUT2D eigenvalue weighted by molar-refractivity contribution is -0.139. The summed E-state index contributed by atoms with van der Waals surface area (Å²) in [5, 5.41) is 17.4. The van der Waals surface area contributed by atoms with Crippen LogP contribution in [-0.2, 0) is 4.79 Å². The number of carboxylic acids is 1. The molecule has 1 atom stereocenters. The Morgan fingerprint density at radius 2 is 2.18 bits per heavy atom. The maximum atomic E-state index is 10.1. The van der Waals surface area contributed by atoms with Crippen LogP contribution < -0.4 is 0 Å². The first-order valence-corrected chi connectivity index (χ1v) is 3.64. The number of aliphatic carboxylic acids is 1. The number of likely N-dealkylation sites (N-methyl/N-ethyl adjacent to an activating group) is 1. The predicted octanol–water partition coefficient (Wildman–Crippen LogP) is -0.226. The Labute approximate surface area is 66.4 Å². The molecule has 0 rings (SSSR count). The number of hydrogen-bond donors (Lipinski definition) is 2. The minimum absolute atomic E-state index is 0.176. The zero-order valence-electron chi connectivity index (χ0n) is 6.95. The molecule has 0 spiro atoms. The molecule has 4 heteroatoms. The van der Waals surface area contributed by atoms with Gasteiger partial charge in [0.1, 0.15) is 0 Å². The molecule has 0 aromatic carbocycles. The second kappa shape index (κ2) is 5.09.